The Kier molecular flexibility index (Phi) is 6.42. The quantitative estimate of drug-likeness (QED) is 0.190. The number of fused-ring (bicyclic) bond motifs is 5. The summed E-state index contributed by atoms with van der Waals surface area (Å²) in [7, 11) is 0. The van der Waals surface area contributed by atoms with Gasteiger partial charge in [-0.3, -0.25) is 4.98 Å². The van der Waals surface area contributed by atoms with Gasteiger partial charge in [-0.2, -0.15) is 0 Å². The fraction of sp³-hybridized carbons (Fsp3) is 0.0526. The van der Waals surface area contributed by atoms with E-state index in [1.807, 2.05) is 25.4 Å². The number of benzene rings is 4. The average molecular weight is 588 g/mol. The molecule has 4 aromatic carbocycles. The van der Waals surface area contributed by atoms with Gasteiger partial charge in [-0.1, -0.05) is 54.6 Å². The number of nitrogens with zero attached hydrogens (tertiary/aromatic N) is 3. The van der Waals surface area contributed by atoms with Crippen LogP contribution in [0.2, 0.25) is 0 Å². The van der Waals surface area contributed by atoms with Crippen LogP contribution in [-0.2, 0) is 4.74 Å². The third-order valence-corrected chi connectivity index (χ3v) is 8.36. The second-order valence-electron chi connectivity index (χ2n) is 11.1. The first-order valence-corrected chi connectivity index (χ1v) is 14.8. The molecule has 0 saturated carbocycles. The lowest BCUT2D eigenvalue weighted by Crippen LogP contribution is -2.22. The number of hydrogen-bond acceptors (Lipinski definition) is 6. The number of para-hydroxylation sites is 1. The third kappa shape index (κ3) is 4.53. The maximum absolute atomic E-state index is 6.34. The summed E-state index contributed by atoms with van der Waals surface area (Å²) in [4.78, 5) is 8.82. The molecule has 0 spiro atoms. The molecule has 7 aromatic rings. The zero-order valence-electron chi connectivity index (χ0n) is 24.5. The Balaban J connectivity index is 1.40. The van der Waals surface area contributed by atoms with Crippen LogP contribution in [0.4, 0.5) is 0 Å². The lowest BCUT2D eigenvalue weighted by Gasteiger charge is -2.15. The van der Waals surface area contributed by atoms with E-state index in [9.17, 15) is 0 Å². The summed E-state index contributed by atoms with van der Waals surface area (Å²) in [6.07, 6.45) is 13.9. The lowest BCUT2D eigenvalue weighted by atomic mass is 9.93. The molecule has 7 nitrogen and oxygen atoms in total. The average Bonchev–Trinajstić information content (AvgIpc) is 3.88. The Morgan fingerprint density at radius 3 is 2.47 bits per heavy atom. The highest BCUT2D eigenvalue weighted by Gasteiger charge is 2.20. The van der Waals surface area contributed by atoms with E-state index in [4.69, 9.17) is 14.9 Å². The van der Waals surface area contributed by atoms with E-state index >= 15 is 0 Å². The van der Waals surface area contributed by atoms with Crippen LogP contribution < -0.4 is 11.1 Å². The van der Waals surface area contributed by atoms with Gasteiger partial charge in [-0.25, -0.2) is 4.98 Å². The van der Waals surface area contributed by atoms with Gasteiger partial charge in [0.2, 0.25) is 5.89 Å². The molecular formula is C38H29N5O2. The van der Waals surface area contributed by atoms with Crippen molar-refractivity contribution in [3.8, 4) is 28.3 Å². The molecule has 1 atom stereocenters. The minimum atomic E-state index is -0.222. The summed E-state index contributed by atoms with van der Waals surface area (Å²) in [5.41, 5.74) is 15.4. The molecule has 218 valence electrons. The Morgan fingerprint density at radius 1 is 0.867 bits per heavy atom. The first kappa shape index (κ1) is 26.5. The summed E-state index contributed by atoms with van der Waals surface area (Å²) in [5, 5.41) is 7.87. The van der Waals surface area contributed by atoms with E-state index in [1.165, 1.54) is 5.39 Å². The number of nitrogens with two attached hydrogens (primary N) is 1. The number of rotatable bonds is 6. The smallest absolute Gasteiger partial charge is 0.227 e. The molecule has 8 rings (SSSR count). The van der Waals surface area contributed by atoms with Crippen molar-refractivity contribution in [3.05, 3.63) is 146 Å². The van der Waals surface area contributed by atoms with Crippen molar-refractivity contribution in [2.75, 3.05) is 0 Å². The number of pyridine rings is 1. The molecule has 0 amide bonds. The van der Waals surface area contributed by atoms with E-state index in [2.05, 4.69) is 105 Å². The largest absolute Gasteiger partial charge is 0.473 e. The first-order valence-electron chi connectivity index (χ1n) is 14.8. The highest BCUT2D eigenvalue weighted by atomic mass is 16.5. The topological polar surface area (TPSA) is 91.1 Å². The number of oxazole rings is 1. The predicted octanol–water partition coefficient (Wildman–Crippen LogP) is 8.32. The van der Waals surface area contributed by atoms with Gasteiger partial charge in [0.05, 0.1) is 22.8 Å². The van der Waals surface area contributed by atoms with E-state index in [-0.39, 0.29) is 6.23 Å². The molecule has 4 heterocycles. The molecule has 3 N–H and O–H groups in total. The van der Waals surface area contributed by atoms with Crippen molar-refractivity contribution in [3.63, 3.8) is 0 Å². The van der Waals surface area contributed by atoms with E-state index < -0.39 is 0 Å². The number of allylic oxidation sites excluding steroid dienone is 2. The molecule has 1 unspecified atom stereocenters. The third-order valence-electron chi connectivity index (χ3n) is 8.36. The zero-order valence-corrected chi connectivity index (χ0v) is 24.5. The second-order valence-corrected chi connectivity index (χ2v) is 11.1. The summed E-state index contributed by atoms with van der Waals surface area (Å²) >= 11 is 0. The molecule has 0 aliphatic carbocycles. The van der Waals surface area contributed by atoms with Crippen LogP contribution in [0.5, 0.6) is 0 Å². The van der Waals surface area contributed by atoms with E-state index in [1.54, 1.807) is 31.1 Å². The maximum atomic E-state index is 6.34. The Bertz CT molecular complexity index is 2290. The van der Waals surface area contributed by atoms with E-state index in [0.717, 1.165) is 66.3 Å². The van der Waals surface area contributed by atoms with Crippen molar-refractivity contribution in [1.82, 2.24) is 19.9 Å². The van der Waals surface area contributed by atoms with Crippen molar-refractivity contribution < 1.29 is 9.15 Å². The molecule has 0 saturated heterocycles. The Labute approximate surface area is 259 Å². The number of nitrogens with one attached hydrogen (secondary N) is 1. The van der Waals surface area contributed by atoms with E-state index in [0.29, 0.717) is 5.89 Å². The molecule has 1 aliphatic rings. The first-order chi connectivity index (χ1) is 22.2. The summed E-state index contributed by atoms with van der Waals surface area (Å²) in [6.45, 7) is 2.04. The monoisotopic (exact) mass is 587 g/mol. The molecule has 3 aromatic heterocycles. The number of aromatic nitrogens is 3. The fourth-order valence-electron chi connectivity index (χ4n) is 6.29. The summed E-state index contributed by atoms with van der Waals surface area (Å²) < 4.78 is 13.6. The molecular weight excluding hydrogens is 558 g/mol. The molecule has 1 aliphatic heterocycles. The zero-order chi connectivity index (χ0) is 30.3. The van der Waals surface area contributed by atoms with Gasteiger partial charge in [0.1, 0.15) is 12.5 Å². The number of hydrogen-bond donors (Lipinski definition) is 2. The maximum Gasteiger partial charge on any atom is 0.227 e. The molecule has 7 heteroatoms. The normalized spacial score (nSPS) is 15.2. The van der Waals surface area contributed by atoms with Crippen LogP contribution in [-0.4, -0.2) is 20.8 Å². The van der Waals surface area contributed by atoms with Gasteiger partial charge in [0, 0.05) is 46.8 Å². The summed E-state index contributed by atoms with van der Waals surface area (Å²) in [5.74, 6) is 0.544. The standard InChI is InChI=1S/C38H29N5O2/c1-24(37-41-13-15-44-37)17-26(21-39)33-20-35-36(31-10-6-5-9-30(31)33)32-12-11-25(19-34(32)43(35)29-7-3-2-4-8-29)27-18-28(23-40-22-27)38-42-14-16-45-38/h2-23,37,41H,39H2,1H3/b24-17+,26-21+. The molecule has 45 heavy (non-hydrogen) atoms. The van der Waals surface area contributed by atoms with Crippen LogP contribution in [0, 0.1) is 0 Å². The van der Waals surface area contributed by atoms with Crippen LogP contribution in [0.3, 0.4) is 0 Å². The van der Waals surface area contributed by atoms with Gasteiger partial charge in [0.25, 0.3) is 0 Å². The predicted molar refractivity (Wildman–Crippen MR) is 180 cm³/mol. The minimum absolute atomic E-state index is 0.222. The van der Waals surface area contributed by atoms with Crippen LogP contribution in [0.15, 0.2) is 145 Å². The van der Waals surface area contributed by atoms with Gasteiger partial charge in [0.15, 0.2) is 6.23 Å². The van der Waals surface area contributed by atoms with Crippen LogP contribution >= 0.6 is 0 Å². The molecule has 0 bridgehead atoms. The Morgan fingerprint density at radius 2 is 1.69 bits per heavy atom. The van der Waals surface area contributed by atoms with Gasteiger partial charge in [-0.05, 0) is 76.4 Å². The minimum Gasteiger partial charge on any atom is -0.473 e. The van der Waals surface area contributed by atoms with Crippen LogP contribution in [0.25, 0.3) is 66.4 Å². The van der Waals surface area contributed by atoms with Crippen LogP contribution in [0.1, 0.15) is 12.5 Å². The SMILES string of the molecule is C/C(=C\C(=C/N)c1cc2c(c3ccccc13)c1ccc(-c3cncc(-c4ncco4)c3)cc1n2-c1ccccc1)C1NC=CO1. The van der Waals surface area contributed by atoms with Crippen molar-refractivity contribution >= 4 is 38.2 Å². The van der Waals surface area contributed by atoms with Gasteiger partial charge < -0.3 is 24.8 Å². The van der Waals surface area contributed by atoms with Crippen molar-refractivity contribution in [2.45, 2.75) is 13.2 Å². The highest BCUT2D eigenvalue weighted by Crippen LogP contribution is 2.41. The Hall–Kier alpha value is -6.08. The van der Waals surface area contributed by atoms with Crippen molar-refractivity contribution in [1.29, 1.82) is 0 Å². The molecule has 0 fully saturated rings. The van der Waals surface area contributed by atoms with Gasteiger partial charge in [-0.15, -0.1) is 0 Å². The summed E-state index contributed by atoms with van der Waals surface area (Å²) in [6, 6.07) is 30.0. The fourth-order valence-corrected chi connectivity index (χ4v) is 6.29. The highest BCUT2D eigenvalue weighted by molar-refractivity contribution is 6.23. The second kappa shape index (κ2) is 10.9. The lowest BCUT2D eigenvalue weighted by molar-refractivity contribution is 0.186. The molecule has 0 radical (unpaired) electrons. The number of ether oxygens (including phenoxy) is 1. The van der Waals surface area contributed by atoms with Crippen molar-refractivity contribution in [2.24, 2.45) is 5.73 Å². The van der Waals surface area contributed by atoms with Gasteiger partial charge >= 0.3 is 0 Å².